The molecule has 22 heavy (non-hydrogen) atoms. The Morgan fingerprint density at radius 3 is 2.05 bits per heavy atom. The van der Waals surface area contributed by atoms with Crippen LogP contribution in [-0.2, 0) is 24.0 Å². The van der Waals surface area contributed by atoms with Gasteiger partial charge in [0.05, 0.1) is 11.7 Å². The fourth-order valence-corrected chi connectivity index (χ4v) is 2.79. The van der Waals surface area contributed by atoms with Gasteiger partial charge in [-0.1, -0.05) is 30.3 Å². The predicted molar refractivity (Wildman–Crippen MR) is 86.3 cm³/mol. The molecule has 0 unspecified atom stereocenters. The molecule has 0 bridgehead atoms. The zero-order chi connectivity index (χ0) is 15.7. The number of aryl methyl sites for hydroxylation is 2. The van der Waals surface area contributed by atoms with Crippen LogP contribution in [0.5, 0.6) is 11.5 Å². The maximum absolute atomic E-state index is 10.2. The zero-order valence-corrected chi connectivity index (χ0v) is 13.0. The van der Waals surface area contributed by atoms with Crippen LogP contribution in [0.15, 0.2) is 42.5 Å². The molecule has 3 nitrogen and oxygen atoms in total. The standard InChI is InChI=1S/C19H22O3/c1-19(2)18(22-19)12-15-16(20)10-14(11-17(15)21)9-8-13-6-4-3-5-7-13/h3-7,10-11,18,20-21H,8-9,12H2,1-2H3/t18-/m1/s1. The largest absolute Gasteiger partial charge is 0.508 e. The van der Waals surface area contributed by atoms with Gasteiger partial charge in [-0.15, -0.1) is 0 Å². The normalized spacial score (nSPS) is 19.1. The van der Waals surface area contributed by atoms with Gasteiger partial charge in [-0.3, -0.25) is 0 Å². The van der Waals surface area contributed by atoms with E-state index in [4.69, 9.17) is 4.74 Å². The lowest BCUT2D eigenvalue weighted by molar-refractivity contribution is 0.321. The van der Waals surface area contributed by atoms with Gasteiger partial charge in [0.15, 0.2) is 0 Å². The highest BCUT2D eigenvalue weighted by Crippen LogP contribution is 2.41. The molecule has 0 aromatic heterocycles. The summed E-state index contributed by atoms with van der Waals surface area (Å²) in [6.45, 7) is 4.03. The average molecular weight is 298 g/mol. The molecule has 1 fully saturated rings. The molecule has 2 N–H and O–H groups in total. The topological polar surface area (TPSA) is 53.0 Å². The van der Waals surface area contributed by atoms with Gasteiger partial charge in [0.1, 0.15) is 11.5 Å². The predicted octanol–water partition coefficient (Wildman–Crippen LogP) is 3.60. The van der Waals surface area contributed by atoms with E-state index >= 15 is 0 Å². The smallest absolute Gasteiger partial charge is 0.122 e. The third-order valence-corrected chi connectivity index (χ3v) is 4.36. The Kier molecular flexibility index (Phi) is 3.83. The number of ether oxygens (including phenoxy) is 1. The Labute approximate surface area is 131 Å². The number of aromatic hydroxyl groups is 2. The van der Waals surface area contributed by atoms with Crippen LogP contribution in [0.2, 0.25) is 0 Å². The Balaban J connectivity index is 1.69. The summed E-state index contributed by atoms with van der Waals surface area (Å²) in [6, 6.07) is 13.7. The van der Waals surface area contributed by atoms with Crippen molar-refractivity contribution in [2.24, 2.45) is 0 Å². The van der Waals surface area contributed by atoms with E-state index in [-0.39, 0.29) is 23.2 Å². The molecule has 1 heterocycles. The second-order valence-corrected chi connectivity index (χ2v) is 6.51. The molecule has 0 saturated carbocycles. The van der Waals surface area contributed by atoms with Crippen molar-refractivity contribution < 1.29 is 14.9 Å². The highest BCUT2D eigenvalue weighted by atomic mass is 16.6. The van der Waals surface area contributed by atoms with Crippen LogP contribution in [0.4, 0.5) is 0 Å². The van der Waals surface area contributed by atoms with Crippen molar-refractivity contribution in [3.05, 3.63) is 59.2 Å². The zero-order valence-electron chi connectivity index (χ0n) is 13.0. The van der Waals surface area contributed by atoms with Crippen LogP contribution in [0, 0.1) is 0 Å². The minimum atomic E-state index is -0.148. The van der Waals surface area contributed by atoms with Crippen molar-refractivity contribution in [3.8, 4) is 11.5 Å². The fraction of sp³-hybridized carbons (Fsp3) is 0.368. The summed E-state index contributed by atoms with van der Waals surface area (Å²) in [7, 11) is 0. The molecule has 3 heteroatoms. The van der Waals surface area contributed by atoms with Gasteiger partial charge in [0.2, 0.25) is 0 Å². The van der Waals surface area contributed by atoms with E-state index < -0.39 is 0 Å². The number of phenols is 2. The molecule has 1 atom stereocenters. The Hall–Kier alpha value is -2.00. The molecule has 0 spiro atoms. The molecular formula is C19H22O3. The number of epoxide rings is 1. The monoisotopic (exact) mass is 298 g/mol. The van der Waals surface area contributed by atoms with Gasteiger partial charge < -0.3 is 14.9 Å². The van der Waals surface area contributed by atoms with Gasteiger partial charge in [0, 0.05) is 12.0 Å². The molecule has 116 valence electrons. The first kappa shape index (κ1) is 14.9. The molecule has 1 saturated heterocycles. The first-order valence-electron chi connectivity index (χ1n) is 7.71. The Morgan fingerprint density at radius 2 is 1.50 bits per heavy atom. The van der Waals surface area contributed by atoms with E-state index in [0.29, 0.717) is 12.0 Å². The lowest BCUT2D eigenvalue weighted by atomic mass is 9.97. The average Bonchev–Trinajstić information content (AvgIpc) is 3.09. The molecular weight excluding hydrogens is 276 g/mol. The van der Waals surface area contributed by atoms with Crippen molar-refractivity contribution in [2.45, 2.75) is 44.8 Å². The Morgan fingerprint density at radius 1 is 0.955 bits per heavy atom. The summed E-state index contributed by atoms with van der Waals surface area (Å²) in [5, 5.41) is 20.4. The van der Waals surface area contributed by atoms with E-state index in [2.05, 4.69) is 12.1 Å². The van der Waals surface area contributed by atoms with Gasteiger partial charge >= 0.3 is 0 Å². The quantitative estimate of drug-likeness (QED) is 0.829. The molecule has 0 aliphatic carbocycles. The van der Waals surface area contributed by atoms with E-state index in [1.165, 1.54) is 5.56 Å². The van der Waals surface area contributed by atoms with E-state index in [0.717, 1.165) is 18.4 Å². The summed E-state index contributed by atoms with van der Waals surface area (Å²) < 4.78 is 5.53. The van der Waals surface area contributed by atoms with Crippen molar-refractivity contribution in [1.29, 1.82) is 0 Å². The third-order valence-electron chi connectivity index (χ3n) is 4.36. The van der Waals surface area contributed by atoms with Gasteiger partial charge in [-0.2, -0.15) is 0 Å². The lowest BCUT2D eigenvalue weighted by Gasteiger charge is -2.10. The fourth-order valence-electron chi connectivity index (χ4n) is 2.79. The molecule has 1 aliphatic rings. The maximum atomic E-state index is 10.2. The first-order valence-corrected chi connectivity index (χ1v) is 7.71. The van der Waals surface area contributed by atoms with Crippen LogP contribution >= 0.6 is 0 Å². The summed E-state index contributed by atoms with van der Waals surface area (Å²) >= 11 is 0. The van der Waals surface area contributed by atoms with Crippen molar-refractivity contribution in [1.82, 2.24) is 0 Å². The van der Waals surface area contributed by atoms with Crippen LogP contribution in [0.3, 0.4) is 0 Å². The first-order chi connectivity index (χ1) is 10.5. The summed E-state index contributed by atoms with van der Waals surface area (Å²) in [5.74, 6) is 0.323. The van der Waals surface area contributed by atoms with Gasteiger partial charge in [0.25, 0.3) is 0 Å². The van der Waals surface area contributed by atoms with E-state index in [1.807, 2.05) is 32.0 Å². The lowest BCUT2D eigenvalue weighted by Crippen LogP contribution is -2.06. The van der Waals surface area contributed by atoms with Crippen LogP contribution < -0.4 is 0 Å². The van der Waals surface area contributed by atoms with Crippen LogP contribution in [0.25, 0.3) is 0 Å². The summed E-state index contributed by atoms with van der Waals surface area (Å²) in [4.78, 5) is 0. The molecule has 3 rings (SSSR count). The molecule has 2 aromatic rings. The summed E-state index contributed by atoms with van der Waals surface area (Å²) in [6.07, 6.45) is 2.29. The van der Waals surface area contributed by atoms with Gasteiger partial charge in [-0.05, 0) is 49.9 Å². The van der Waals surface area contributed by atoms with Crippen LogP contribution in [-0.4, -0.2) is 21.9 Å². The minimum Gasteiger partial charge on any atom is -0.508 e. The Bertz CT molecular complexity index is 639. The number of hydrogen-bond acceptors (Lipinski definition) is 3. The third kappa shape index (κ3) is 3.25. The van der Waals surface area contributed by atoms with Crippen molar-refractivity contribution in [3.63, 3.8) is 0 Å². The van der Waals surface area contributed by atoms with Gasteiger partial charge in [-0.25, -0.2) is 0 Å². The molecule has 2 aromatic carbocycles. The second-order valence-electron chi connectivity index (χ2n) is 6.51. The molecule has 1 aliphatic heterocycles. The number of phenolic OH excluding ortho intramolecular Hbond substituents is 2. The highest BCUT2D eigenvalue weighted by molar-refractivity contribution is 5.47. The molecule has 0 radical (unpaired) electrons. The summed E-state index contributed by atoms with van der Waals surface area (Å²) in [5.41, 5.74) is 2.63. The maximum Gasteiger partial charge on any atom is 0.122 e. The second kappa shape index (κ2) is 5.65. The number of benzene rings is 2. The highest BCUT2D eigenvalue weighted by Gasteiger charge is 2.48. The van der Waals surface area contributed by atoms with E-state index in [9.17, 15) is 10.2 Å². The SMILES string of the molecule is CC1(C)O[C@@H]1Cc1c(O)cc(CCc2ccccc2)cc1O. The minimum absolute atomic E-state index is 0.0690. The number of hydrogen-bond donors (Lipinski definition) is 2. The van der Waals surface area contributed by atoms with Crippen molar-refractivity contribution in [2.75, 3.05) is 0 Å². The van der Waals surface area contributed by atoms with Crippen LogP contribution in [0.1, 0.15) is 30.5 Å². The van der Waals surface area contributed by atoms with E-state index in [1.54, 1.807) is 12.1 Å². The molecule has 0 amide bonds. The number of rotatable bonds is 5. The van der Waals surface area contributed by atoms with Crippen molar-refractivity contribution >= 4 is 0 Å².